The minimum absolute atomic E-state index is 0.0220. The number of carbonyl (C=O) groups is 1. The van der Waals surface area contributed by atoms with E-state index >= 15 is 0 Å². The second-order valence-electron chi connectivity index (χ2n) is 7.43. The third-order valence-corrected chi connectivity index (χ3v) is 6.50. The Morgan fingerprint density at radius 2 is 1.81 bits per heavy atom. The maximum Gasteiger partial charge on any atom is 0.234 e. The molecule has 1 aliphatic rings. The third kappa shape index (κ3) is 3.87. The van der Waals surface area contributed by atoms with Gasteiger partial charge in [0.25, 0.3) is 0 Å². The molecule has 2 aromatic heterocycles. The molecule has 1 fully saturated rings. The first-order chi connectivity index (χ1) is 15.5. The van der Waals surface area contributed by atoms with Gasteiger partial charge in [-0.1, -0.05) is 12.1 Å². The van der Waals surface area contributed by atoms with Gasteiger partial charge < -0.3 is 15.0 Å². The van der Waals surface area contributed by atoms with Crippen LogP contribution in [-0.4, -0.2) is 36.4 Å². The summed E-state index contributed by atoms with van der Waals surface area (Å²) in [6.07, 6.45) is 1.79. The van der Waals surface area contributed by atoms with Crippen LogP contribution in [0.15, 0.2) is 66.9 Å². The Hall–Kier alpha value is -3.59. The number of amides is 1. The maximum atomic E-state index is 13.7. The molecular formula is C23H18F2N4O2S. The summed E-state index contributed by atoms with van der Waals surface area (Å²) in [5, 5.41) is 13.8. The highest BCUT2D eigenvalue weighted by molar-refractivity contribution is 8.00. The molecule has 1 amide bonds. The zero-order chi connectivity index (χ0) is 22.2. The normalized spacial score (nSPS) is 16.1. The fourth-order valence-electron chi connectivity index (χ4n) is 3.69. The molecule has 0 radical (unpaired) electrons. The average Bonchev–Trinajstić information content (AvgIpc) is 3.49. The number of aromatic nitrogens is 3. The van der Waals surface area contributed by atoms with E-state index in [0.717, 1.165) is 11.1 Å². The number of nitrogens with one attached hydrogen (secondary N) is 1. The van der Waals surface area contributed by atoms with Crippen molar-refractivity contribution in [3.63, 3.8) is 0 Å². The molecule has 2 N–H and O–H groups in total. The van der Waals surface area contributed by atoms with E-state index in [0.29, 0.717) is 29.4 Å². The first-order valence-electron chi connectivity index (χ1n) is 9.87. The van der Waals surface area contributed by atoms with Crippen LogP contribution in [0.25, 0.3) is 17.1 Å². The summed E-state index contributed by atoms with van der Waals surface area (Å²) in [7, 11) is 0. The van der Waals surface area contributed by atoms with Crippen LogP contribution in [0.5, 0.6) is 5.75 Å². The van der Waals surface area contributed by atoms with Crippen LogP contribution in [0.2, 0.25) is 0 Å². The molecule has 1 atom stereocenters. The second kappa shape index (κ2) is 8.16. The topological polar surface area (TPSA) is 74.2 Å². The van der Waals surface area contributed by atoms with Gasteiger partial charge >= 0.3 is 0 Å². The molecule has 0 saturated carbocycles. The number of aromatic hydroxyl groups is 1. The monoisotopic (exact) mass is 452 g/mol. The summed E-state index contributed by atoms with van der Waals surface area (Å²) >= 11 is 1.47. The Morgan fingerprint density at radius 1 is 1.06 bits per heavy atom. The van der Waals surface area contributed by atoms with Gasteiger partial charge in [-0.2, -0.15) is 9.49 Å². The van der Waals surface area contributed by atoms with Gasteiger partial charge in [-0.05, 0) is 54.1 Å². The fourth-order valence-corrected chi connectivity index (χ4v) is 4.88. The summed E-state index contributed by atoms with van der Waals surface area (Å²) in [5.74, 6) is -0.401. The zero-order valence-electron chi connectivity index (χ0n) is 16.7. The molecule has 1 saturated heterocycles. The van der Waals surface area contributed by atoms with Crippen molar-refractivity contribution < 1.29 is 18.7 Å². The number of phenolic OH excluding ortho intramolecular Hbond substituents is 1. The van der Waals surface area contributed by atoms with Crippen molar-refractivity contribution in [3.8, 4) is 22.8 Å². The summed E-state index contributed by atoms with van der Waals surface area (Å²) in [4.78, 5) is 17.1. The smallest absolute Gasteiger partial charge is 0.234 e. The first-order valence-corrected chi connectivity index (χ1v) is 10.9. The number of H-pyrrole nitrogens is 1. The van der Waals surface area contributed by atoms with Gasteiger partial charge in [-0.3, -0.25) is 4.79 Å². The van der Waals surface area contributed by atoms with E-state index in [-0.39, 0.29) is 22.8 Å². The van der Waals surface area contributed by atoms with Gasteiger partial charge in [0.05, 0.1) is 17.1 Å². The summed E-state index contributed by atoms with van der Waals surface area (Å²) in [5.41, 5.74) is 3.27. The van der Waals surface area contributed by atoms with Crippen molar-refractivity contribution in [2.45, 2.75) is 11.9 Å². The Labute approximate surface area is 186 Å². The highest BCUT2D eigenvalue weighted by Crippen LogP contribution is 2.43. The minimum atomic E-state index is -0.488. The number of rotatable bonds is 5. The molecular weight excluding hydrogens is 434 g/mol. The van der Waals surface area contributed by atoms with Crippen LogP contribution in [0.3, 0.4) is 0 Å². The number of benzene rings is 2. The highest BCUT2D eigenvalue weighted by Gasteiger charge is 2.36. The molecule has 32 heavy (non-hydrogen) atoms. The number of nitrogens with zero attached hydrogens (tertiary/aromatic N) is 3. The van der Waals surface area contributed by atoms with Crippen molar-refractivity contribution in [1.82, 2.24) is 19.7 Å². The predicted octanol–water partition coefficient (Wildman–Crippen LogP) is 4.63. The first kappa shape index (κ1) is 20.3. The molecule has 0 spiro atoms. The van der Waals surface area contributed by atoms with Gasteiger partial charge in [0.15, 0.2) is 5.95 Å². The van der Waals surface area contributed by atoms with Crippen molar-refractivity contribution in [2.24, 2.45) is 0 Å². The average molecular weight is 452 g/mol. The number of phenols is 1. The van der Waals surface area contributed by atoms with E-state index in [1.54, 1.807) is 58.2 Å². The Balaban J connectivity index is 1.56. The lowest BCUT2D eigenvalue weighted by molar-refractivity contribution is -0.128. The van der Waals surface area contributed by atoms with Crippen LogP contribution in [0.4, 0.5) is 8.78 Å². The van der Waals surface area contributed by atoms with E-state index in [9.17, 15) is 18.7 Å². The molecule has 0 aliphatic carbocycles. The van der Waals surface area contributed by atoms with Crippen molar-refractivity contribution in [1.29, 1.82) is 0 Å². The van der Waals surface area contributed by atoms with Crippen LogP contribution in [-0.2, 0) is 11.3 Å². The van der Waals surface area contributed by atoms with Crippen molar-refractivity contribution >= 4 is 17.7 Å². The largest absolute Gasteiger partial charge is 0.508 e. The van der Waals surface area contributed by atoms with Crippen molar-refractivity contribution in [2.75, 3.05) is 5.75 Å². The number of aromatic amines is 1. The number of carbonyl (C=O) groups excluding carboxylic acids is 1. The van der Waals surface area contributed by atoms with Crippen LogP contribution in [0, 0.1) is 11.8 Å². The fraction of sp³-hybridized carbons (Fsp3) is 0.130. The second-order valence-corrected chi connectivity index (χ2v) is 8.49. The van der Waals surface area contributed by atoms with E-state index in [1.807, 2.05) is 0 Å². The number of thioether (sulfide) groups is 1. The molecule has 5 rings (SSSR count). The number of halogens is 2. The third-order valence-electron chi connectivity index (χ3n) is 5.26. The number of hydrogen-bond donors (Lipinski definition) is 2. The van der Waals surface area contributed by atoms with Gasteiger partial charge in [0.1, 0.15) is 22.6 Å². The molecule has 3 heterocycles. The highest BCUT2D eigenvalue weighted by atomic mass is 32.2. The minimum Gasteiger partial charge on any atom is -0.508 e. The molecule has 1 aliphatic heterocycles. The predicted molar refractivity (Wildman–Crippen MR) is 117 cm³/mol. The number of hydrogen-bond acceptors (Lipinski definition) is 4. The van der Waals surface area contributed by atoms with E-state index in [4.69, 9.17) is 0 Å². The van der Waals surface area contributed by atoms with Gasteiger partial charge in [-0.15, -0.1) is 11.8 Å². The zero-order valence-corrected chi connectivity index (χ0v) is 17.5. The van der Waals surface area contributed by atoms with Gasteiger partial charge in [-0.25, -0.2) is 9.07 Å². The molecule has 0 unspecified atom stereocenters. The molecule has 9 heteroatoms. The molecule has 6 nitrogen and oxygen atoms in total. The van der Waals surface area contributed by atoms with Gasteiger partial charge in [0.2, 0.25) is 5.91 Å². The lowest BCUT2D eigenvalue weighted by atomic mass is 10.1. The van der Waals surface area contributed by atoms with E-state index in [2.05, 4.69) is 10.1 Å². The summed E-state index contributed by atoms with van der Waals surface area (Å²) < 4.78 is 28.7. The van der Waals surface area contributed by atoms with Crippen LogP contribution in [0.1, 0.15) is 16.5 Å². The Kier molecular flexibility index (Phi) is 5.18. The summed E-state index contributed by atoms with van der Waals surface area (Å²) in [6.45, 7) is 0.358. The van der Waals surface area contributed by atoms with E-state index in [1.165, 1.54) is 30.0 Å². The lowest BCUT2D eigenvalue weighted by Gasteiger charge is -2.24. The SMILES string of the molecule is O=C1CS[C@H](c2cn(-c3ccc(F)cc3)nc2-c2ccc(F)[nH]2)N1Cc1ccc(O)cc1. The molecule has 2 aromatic carbocycles. The Bertz CT molecular complexity index is 1270. The molecule has 162 valence electrons. The molecule has 4 aromatic rings. The quantitative estimate of drug-likeness (QED) is 0.463. The van der Waals surface area contributed by atoms with Crippen LogP contribution >= 0.6 is 11.8 Å². The van der Waals surface area contributed by atoms with Crippen molar-refractivity contribution in [3.05, 3.63) is 89.8 Å². The summed E-state index contributed by atoms with van der Waals surface area (Å²) in [6, 6.07) is 15.5. The molecule has 0 bridgehead atoms. The standard InChI is InChI=1S/C23H18F2N4O2S/c24-15-3-5-16(6-4-15)29-12-18(22(27-29)19-9-10-20(25)26-19)23-28(21(31)13-32-23)11-14-1-7-17(30)8-2-14/h1-10,12,23,26,30H,11,13H2/t23-/m1/s1. The Morgan fingerprint density at radius 3 is 2.50 bits per heavy atom. The lowest BCUT2D eigenvalue weighted by Crippen LogP contribution is -2.27. The van der Waals surface area contributed by atoms with E-state index < -0.39 is 5.95 Å². The van der Waals surface area contributed by atoms with Crippen LogP contribution < -0.4 is 0 Å². The van der Waals surface area contributed by atoms with Gasteiger partial charge in [0, 0.05) is 18.3 Å². The maximum absolute atomic E-state index is 13.7.